The minimum absolute atomic E-state index is 0. The molecule has 4 heterocycles. The number of aliphatic carboxylic acids is 1. The third-order valence-corrected chi connectivity index (χ3v) is 8.15. The van der Waals surface area contributed by atoms with Crippen LogP contribution in [0.15, 0.2) is 27.0 Å². The molecule has 0 radical (unpaired) electrons. The predicted molar refractivity (Wildman–Crippen MR) is 118 cm³/mol. The first-order valence-electron chi connectivity index (χ1n) is 9.34. The van der Waals surface area contributed by atoms with E-state index >= 15 is 0 Å². The van der Waals surface area contributed by atoms with Crippen molar-refractivity contribution in [2.75, 3.05) is 17.2 Å². The first kappa shape index (κ1) is 26.5. The molecule has 2 aliphatic heterocycles. The summed E-state index contributed by atoms with van der Waals surface area (Å²) in [7, 11) is 1.80. The van der Waals surface area contributed by atoms with Crippen molar-refractivity contribution in [3.05, 3.63) is 28.2 Å². The van der Waals surface area contributed by atoms with Gasteiger partial charge in [0.15, 0.2) is 16.0 Å². The van der Waals surface area contributed by atoms with Crippen LogP contribution in [0.1, 0.15) is 11.5 Å². The number of carboxylic acid groups (broad SMARTS) is 1. The van der Waals surface area contributed by atoms with E-state index in [9.17, 15) is 24.7 Å². The first-order chi connectivity index (χ1) is 15.7. The molecule has 2 amide bonds. The van der Waals surface area contributed by atoms with E-state index in [1.54, 1.807) is 18.5 Å². The second-order valence-corrected chi connectivity index (χ2v) is 9.93. The number of thioether (sulfide) groups is 2. The Balaban J connectivity index is 0.00000324. The molecular weight excluding hydrogens is 515 g/mol. The number of rotatable bonds is 7. The molecular formula is C17H17N8NaO5S3. The summed E-state index contributed by atoms with van der Waals surface area (Å²) in [5.41, 5.74) is 5.51. The number of nitrogens with zero attached hydrogens (tertiary/aromatic N) is 6. The molecule has 2 atom stereocenters. The third-order valence-electron chi connectivity index (χ3n) is 5.03. The molecule has 1 unspecified atom stereocenters. The molecule has 174 valence electrons. The number of fused-ring (bicyclic) bond motifs is 1. The topological polar surface area (TPSA) is 192 Å². The van der Waals surface area contributed by atoms with Crippen LogP contribution in [-0.2, 0) is 21.4 Å². The Bertz CT molecular complexity index is 1210. The van der Waals surface area contributed by atoms with E-state index in [2.05, 4.69) is 25.7 Å². The average Bonchev–Trinajstić information content (AvgIpc) is 3.35. The number of oxime groups is 1. The average molecular weight is 533 g/mol. The van der Waals surface area contributed by atoms with Gasteiger partial charge in [0.2, 0.25) is 0 Å². The summed E-state index contributed by atoms with van der Waals surface area (Å²) in [6.45, 7) is 1.80. The number of hydrogen-bond donors (Lipinski definition) is 3. The Morgan fingerprint density at radius 1 is 1.44 bits per heavy atom. The molecule has 1 fully saturated rings. The van der Waals surface area contributed by atoms with Gasteiger partial charge in [-0.2, -0.15) is 0 Å². The van der Waals surface area contributed by atoms with Crippen LogP contribution in [0.3, 0.4) is 0 Å². The Hall–Kier alpha value is -2.11. The number of amides is 2. The van der Waals surface area contributed by atoms with E-state index in [0.29, 0.717) is 22.3 Å². The molecule has 2 aromatic rings. The number of nitrogens with one attached hydrogen (secondary N) is 1. The number of aromatic nitrogens is 4. The number of anilines is 1. The molecule has 0 aliphatic carbocycles. The van der Waals surface area contributed by atoms with E-state index in [1.807, 2.05) is 0 Å². The molecule has 0 spiro atoms. The number of carboxylic acids is 1. The zero-order valence-electron chi connectivity index (χ0n) is 18.2. The van der Waals surface area contributed by atoms with Crippen LogP contribution in [0.4, 0.5) is 5.13 Å². The van der Waals surface area contributed by atoms with Crippen LogP contribution in [0.5, 0.6) is 0 Å². The van der Waals surface area contributed by atoms with Gasteiger partial charge in [0.05, 0.1) is 11.7 Å². The van der Waals surface area contributed by atoms with Gasteiger partial charge in [-0.3, -0.25) is 14.5 Å². The monoisotopic (exact) mass is 532 g/mol. The number of nitrogen functional groups attached to an aromatic ring is 1. The normalized spacial score (nSPS) is 19.9. The van der Waals surface area contributed by atoms with Gasteiger partial charge in [-0.05, 0) is 12.5 Å². The van der Waals surface area contributed by atoms with Crippen molar-refractivity contribution in [1.82, 2.24) is 30.0 Å². The maximum atomic E-state index is 12.8. The summed E-state index contributed by atoms with van der Waals surface area (Å²) in [6, 6.07) is -1.000. The Morgan fingerprint density at radius 3 is 2.74 bits per heavy atom. The summed E-state index contributed by atoms with van der Waals surface area (Å²) < 4.78 is 1.78. The number of hydrogen-bond acceptors (Lipinski definition) is 13. The molecule has 2 aromatic heterocycles. The fourth-order valence-electron chi connectivity index (χ4n) is 3.27. The van der Waals surface area contributed by atoms with Gasteiger partial charge in [0.1, 0.15) is 22.9 Å². The molecule has 0 bridgehead atoms. The predicted octanol–water partition coefficient (Wildman–Crippen LogP) is -4.46. The number of carbonyl (C=O) groups is 3. The van der Waals surface area contributed by atoms with Crippen molar-refractivity contribution in [2.45, 2.75) is 23.5 Å². The van der Waals surface area contributed by atoms with Crippen LogP contribution in [0.25, 0.3) is 0 Å². The van der Waals surface area contributed by atoms with Gasteiger partial charge in [0.25, 0.3) is 11.8 Å². The molecule has 4 rings (SSSR count). The Kier molecular flexibility index (Phi) is 8.30. The number of thiazole rings is 1. The summed E-state index contributed by atoms with van der Waals surface area (Å²) >= 11 is 3.67. The second-order valence-electron chi connectivity index (χ2n) is 7.00. The minimum Gasteiger partial charge on any atom is -0.543 e. The molecule has 2 aliphatic rings. The van der Waals surface area contributed by atoms with Crippen molar-refractivity contribution in [1.29, 1.82) is 0 Å². The van der Waals surface area contributed by atoms with Crippen LogP contribution in [-0.4, -0.2) is 76.3 Å². The quantitative estimate of drug-likeness (QED) is 0.0778. The van der Waals surface area contributed by atoms with Crippen molar-refractivity contribution < 1.29 is 54.3 Å². The largest absolute Gasteiger partial charge is 1.00 e. The molecule has 34 heavy (non-hydrogen) atoms. The van der Waals surface area contributed by atoms with Gasteiger partial charge in [0, 0.05) is 23.9 Å². The fourth-order valence-corrected chi connectivity index (χ4v) is 6.26. The number of carbonyl (C=O) groups excluding carboxylic acids is 3. The van der Waals surface area contributed by atoms with E-state index in [1.165, 1.54) is 28.9 Å². The van der Waals surface area contributed by atoms with Crippen LogP contribution in [0, 0.1) is 6.92 Å². The zero-order valence-corrected chi connectivity index (χ0v) is 22.7. The van der Waals surface area contributed by atoms with Gasteiger partial charge in [-0.25, -0.2) is 4.98 Å². The first-order valence-corrected chi connectivity index (χ1v) is 12.3. The van der Waals surface area contributed by atoms with Gasteiger partial charge in [-0.1, -0.05) is 16.9 Å². The van der Waals surface area contributed by atoms with E-state index in [-0.39, 0.29) is 51.8 Å². The molecule has 17 heteroatoms. The smallest absolute Gasteiger partial charge is 0.543 e. The van der Waals surface area contributed by atoms with Crippen molar-refractivity contribution >= 4 is 63.5 Å². The maximum absolute atomic E-state index is 12.8. The number of β-lactam (4-membered cyclic amide) rings is 1. The molecule has 1 saturated heterocycles. The van der Waals surface area contributed by atoms with Gasteiger partial charge >= 0.3 is 29.6 Å². The van der Waals surface area contributed by atoms with Crippen LogP contribution in [0.2, 0.25) is 0 Å². The molecule has 4 N–H and O–H groups in total. The summed E-state index contributed by atoms with van der Waals surface area (Å²) in [5.74, 6) is -1.60. The molecule has 0 aromatic carbocycles. The van der Waals surface area contributed by atoms with E-state index < -0.39 is 34.9 Å². The van der Waals surface area contributed by atoms with Crippen LogP contribution >= 0.6 is 34.9 Å². The standard InChI is InChI=1S/C17H18N8O5S3.Na/c1-6-21-22-17(24(6)2)33-4-7-3-31-14-10(13(27)25(14)11(7)15(28)29)20-12(26)9(23-30)8-5-32-16(18)19-8;/h5,10,14,30H,3-4H2,1-2H3,(H2,18,19)(H,20,26)(H,28,29);/q;+1/p-1/t10?,14-;/m0./s1. The Labute approximate surface area is 227 Å². The molecule has 13 nitrogen and oxygen atoms in total. The van der Waals surface area contributed by atoms with Crippen LogP contribution < -0.4 is 45.7 Å². The summed E-state index contributed by atoms with van der Waals surface area (Å²) in [4.78, 5) is 42.2. The maximum Gasteiger partial charge on any atom is 1.00 e. The Morgan fingerprint density at radius 2 is 2.18 bits per heavy atom. The van der Waals surface area contributed by atoms with Crippen molar-refractivity contribution in [3.8, 4) is 0 Å². The SMILES string of the molecule is Cc1nnc(SCC2=C(C(=O)[O-])N3C(=O)C(NC(=O)C(=NO)c4csc(N)n4)[C@@H]3SC2)n1C.[Na+]. The number of nitrogens with two attached hydrogens (primary N) is 1. The van der Waals surface area contributed by atoms with E-state index in [0.717, 1.165) is 16.2 Å². The molecule has 0 saturated carbocycles. The van der Waals surface area contributed by atoms with Crippen molar-refractivity contribution in [3.63, 3.8) is 0 Å². The summed E-state index contributed by atoms with van der Waals surface area (Å²) in [6.07, 6.45) is 0. The summed E-state index contributed by atoms with van der Waals surface area (Å²) in [5, 5.41) is 36.2. The van der Waals surface area contributed by atoms with Crippen molar-refractivity contribution in [2.24, 2.45) is 12.2 Å². The second kappa shape index (κ2) is 10.7. The van der Waals surface area contributed by atoms with Gasteiger partial charge < -0.3 is 30.7 Å². The number of aryl methyl sites for hydroxylation is 1. The van der Waals surface area contributed by atoms with Gasteiger partial charge in [-0.15, -0.1) is 33.3 Å². The minimum atomic E-state index is -1.47. The van der Waals surface area contributed by atoms with E-state index in [4.69, 9.17) is 5.73 Å². The fraction of sp³-hybridized carbons (Fsp3) is 0.353. The zero-order chi connectivity index (χ0) is 23.9. The third kappa shape index (κ3) is 4.83.